The smallest absolute Gasteiger partial charge is 0.0949 e. The Morgan fingerprint density at radius 3 is 2.63 bits per heavy atom. The Kier molecular flexibility index (Phi) is 5.36. The third kappa shape index (κ3) is 3.77. The molecule has 0 aliphatic rings. The summed E-state index contributed by atoms with van der Waals surface area (Å²) >= 11 is 4.23. The molecule has 1 N–H and O–H groups in total. The first kappa shape index (κ1) is 14.9. The maximum Gasteiger partial charge on any atom is 0.0949 e. The van der Waals surface area contributed by atoms with E-state index in [1.807, 2.05) is 11.3 Å². The van der Waals surface area contributed by atoms with Gasteiger partial charge in [0.05, 0.1) is 10.7 Å². The summed E-state index contributed by atoms with van der Waals surface area (Å²) < 4.78 is 1.32. The van der Waals surface area contributed by atoms with E-state index in [0.29, 0.717) is 6.04 Å². The van der Waals surface area contributed by atoms with Crippen molar-refractivity contribution in [3.05, 3.63) is 49.0 Å². The van der Waals surface area contributed by atoms with E-state index >= 15 is 0 Å². The minimum atomic E-state index is 0.350. The highest BCUT2D eigenvalue weighted by atomic mass is 127. The molecule has 0 fully saturated rings. The predicted octanol–water partition coefficient (Wildman–Crippen LogP) is 4.26. The highest BCUT2D eigenvalue weighted by molar-refractivity contribution is 14.1. The molecular formula is C15H19IN2S. The largest absolute Gasteiger partial charge is 0.310 e. The maximum absolute atomic E-state index is 4.66. The number of likely N-dealkylation sites (N-methyl/N-ethyl adjacent to an activating group) is 1. The Labute approximate surface area is 132 Å². The molecule has 0 spiro atoms. The average molecular weight is 386 g/mol. The van der Waals surface area contributed by atoms with Crippen LogP contribution in [0.5, 0.6) is 0 Å². The van der Waals surface area contributed by atoms with Gasteiger partial charge in [-0.2, -0.15) is 0 Å². The topological polar surface area (TPSA) is 24.9 Å². The number of hydrogen-bond donors (Lipinski definition) is 1. The van der Waals surface area contributed by atoms with E-state index in [9.17, 15) is 0 Å². The van der Waals surface area contributed by atoms with Crippen molar-refractivity contribution in [2.45, 2.75) is 33.2 Å². The zero-order valence-corrected chi connectivity index (χ0v) is 14.5. The summed E-state index contributed by atoms with van der Waals surface area (Å²) in [7, 11) is 0. The van der Waals surface area contributed by atoms with Gasteiger partial charge in [-0.25, -0.2) is 4.98 Å². The van der Waals surface area contributed by atoms with E-state index in [-0.39, 0.29) is 0 Å². The molecule has 1 unspecified atom stereocenters. The van der Waals surface area contributed by atoms with E-state index in [4.69, 9.17) is 0 Å². The lowest BCUT2D eigenvalue weighted by atomic mass is 10.0. The molecule has 0 aliphatic heterocycles. The predicted molar refractivity (Wildman–Crippen MR) is 90.9 cm³/mol. The molecule has 0 amide bonds. The third-order valence-electron chi connectivity index (χ3n) is 3.18. The summed E-state index contributed by atoms with van der Waals surface area (Å²) in [5.74, 6) is 0. The molecule has 1 aromatic heterocycles. The molecular weight excluding hydrogens is 367 g/mol. The van der Waals surface area contributed by atoms with Gasteiger partial charge in [0.2, 0.25) is 0 Å². The van der Waals surface area contributed by atoms with Crippen LogP contribution in [0.3, 0.4) is 0 Å². The molecule has 1 heterocycles. The van der Waals surface area contributed by atoms with E-state index in [0.717, 1.165) is 18.7 Å². The van der Waals surface area contributed by atoms with Crippen molar-refractivity contribution < 1.29 is 0 Å². The molecule has 0 bridgehead atoms. The molecule has 1 aromatic carbocycles. The van der Waals surface area contributed by atoms with Gasteiger partial charge in [-0.05, 0) is 54.6 Å². The zero-order valence-electron chi connectivity index (χ0n) is 11.5. The van der Waals surface area contributed by atoms with Crippen molar-refractivity contribution in [3.8, 4) is 0 Å². The molecule has 0 saturated heterocycles. The minimum absolute atomic E-state index is 0.350. The van der Waals surface area contributed by atoms with Crippen molar-refractivity contribution in [1.29, 1.82) is 0 Å². The Morgan fingerprint density at radius 2 is 2.05 bits per heavy atom. The fraction of sp³-hybridized carbons (Fsp3) is 0.400. The van der Waals surface area contributed by atoms with E-state index in [1.165, 1.54) is 19.0 Å². The van der Waals surface area contributed by atoms with E-state index in [1.54, 1.807) is 0 Å². The number of nitrogens with zero attached hydrogens (tertiary/aromatic N) is 1. The van der Waals surface area contributed by atoms with Crippen molar-refractivity contribution in [3.63, 3.8) is 0 Å². The summed E-state index contributed by atoms with van der Waals surface area (Å²) in [6.45, 7) is 7.36. The van der Waals surface area contributed by atoms with Crippen molar-refractivity contribution in [1.82, 2.24) is 10.3 Å². The Balaban J connectivity index is 2.23. The second kappa shape index (κ2) is 6.81. The first-order chi connectivity index (χ1) is 9.11. The van der Waals surface area contributed by atoms with Crippen molar-refractivity contribution in [2.75, 3.05) is 6.54 Å². The van der Waals surface area contributed by atoms with Gasteiger partial charge in [-0.3, -0.25) is 0 Å². The van der Waals surface area contributed by atoms with Crippen LogP contribution in [-0.4, -0.2) is 11.5 Å². The fourth-order valence-electron chi connectivity index (χ4n) is 2.10. The first-order valence-corrected chi connectivity index (χ1v) is 8.42. The van der Waals surface area contributed by atoms with Crippen LogP contribution < -0.4 is 5.32 Å². The van der Waals surface area contributed by atoms with Crippen LogP contribution in [0.25, 0.3) is 0 Å². The first-order valence-electron chi connectivity index (χ1n) is 6.52. The van der Waals surface area contributed by atoms with Gasteiger partial charge in [-0.1, -0.05) is 25.1 Å². The number of rotatable bonds is 5. The number of hydrogen-bond acceptors (Lipinski definition) is 3. The summed E-state index contributed by atoms with van der Waals surface area (Å²) in [5.41, 5.74) is 2.54. The highest BCUT2D eigenvalue weighted by Gasteiger charge is 2.16. The van der Waals surface area contributed by atoms with Gasteiger partial charge < -0.3 is 5.32 Å². The van der Waals surface area contributed by atoms with E-state index < -0.39 is 0 Å². The quantitative estimate of drug-likeness (QED) is 0.777. The number of aryl methyl sites for hydroxylation is 2. The van der Waals surface area contributed by atoms with Crippen molar-refractivity contribution in [2.24, 2.45) is 0 Å². The van der Waals surface area contributed by atoms with Crippen LogP contribution in [0.1, 0.15) is 34.1 Å². The van der Waals surface area contributed by atoms with Crippen LogP contribution in [0.2, 0.25) is 0 Å². The molecule has 2 nitrogen and oxygen atoms in total. The molecule has 0 radical (unpaired) electrons. The Hall–Kier alpha value is -0.460. The normalized spacial score (nSPS) is 12.6. The molecule has 4 heteroatoms. The van der Waals surface area contributed by atoms with Gasteiger partial charge in [-0.15, -0.1) is 11.3 Å². The van der Waals surface area contributed by atoms with Gasteiger partial charge in [0.1, 0.15) is 0 Å². The van der Waals surface area contributed by atoms with E-state index in [2.05, 4.69) is 77.9 Å². The third-order valence-corrected chi connectivity index (χ3v) is 5.26. The molecule has 2 rings (SSSR count). The van der Waals surface area contributed by atoms with Crippen LogP contribution >= 0.6 is 33.9 Å². The Morgan fingerprint density at radius 1 is 1.32 bits per heavy atom. The number of nitrogens with one attached hydrogen (secondary N) is 1. The number of aromatic nitrogens is 1. The van der Waals surface area contributed by atoms with Crippen LogP contribution in [0, 0.1) is 17.4 Å². The molecule has 0 saturated carbocycles. The molecule has 19 heavy (non-hydrogen) atoms. The summed E-state index contributed by atoms with van der Waals surface area (Å²) in [5, 5.41) is 4.80. The average Bonchev–Trinajstić information content (AvgIpc) is 2.68. The lowest BCUT2D eigenvalue weighted by molar-refractivity contribution is 0.546. The minimum Gasteiger partial charge on any atom is -0.310 e. The Bertz CT molecular complexity index is 531. The molecule has 0 aliphatic carbocycles. The van der Waals surface area contributed by atoms with Crippen LogP contribution in [0.4, 0.5) is 0 Å². The van der Waals surface area contributed by atoms with Gasteiger partial charge >= 0.3 is 0 Å². The lowest BCUT2D eigenvalue weighted by Crippen LogP contribution is -2.23. The van der Waals surface area contributed by atoms with Crippen LogP contribution in [0.15, 0.2) is 24.3 Å². The van der Waals surface area contributed by atoms with Gasteiger partial charge in [0, 0.05) is 20.9 Å². The molecule has 2 aromatic rings. The monoisotopic (exact) mass is 386 g/mol. The number of halogens is 1. The number of benzene rings is 1. The fourth-order valence-corrected chi connectivity index (χ4v) is 3.84. The number of thiazole rings is 1. The maximum atomic E-state index is 4.66. The second-order valence-electron chi connectivity index (χ2n) is 4.59. The highest BCUT2D eigenvalue weighted by Crippen LogP contribution is 2.26. The summed E-state index contributed by atoms with van der Waals surface area (Å²) in [4.78, 5) is 5.99. The lowest BCUT2D eigenvalue weighted by Gasteiger charge is -2.18. The second-order valence-corrected chi connectivity index (χ2v) is 7.04. The molecule has 1 atom stereocenters. The molecule has 102 valence electrons. The van der Waals surface area contributed by atoms with Gasteiger partial charge in [0.25, 0.3) is 0 Å². The standard InChI is InChI=1S/C15H19IN2S/c1-4-17-14(12-7-5-6-8-13(12)16)9-15-18-10(2)11(3)19-15/h5-8,14,17H,4,9H2,1-3H3. The van der Waals surface area contributed by atoms with Crippen LogP contribution in [-0.2, 0) is 6.42 Å². The van der Waals surface area contributed by atoms with Gasteiger partial charge in [0.15, 0.2) is 0 Å². The zero-order chi connectivity index (χ0) is 13.8. The van der Waals surface area contributed by atoms with Crippen molar-refractivity contribution >= 4 is 33.9 Å². The summed E-state index contributed by atoms with van der Waals surface area (Å²) in [6.07, 6.45) is 0.965. The summed E-state index contributed by atoms with van der Waals surface area (Å²) in [6, 6.07) is 8.93. The SMILES string of the molecule is CCNC(Cc1nc(C)c(C)s1)c1ccccc1I.